The van der Waals surface area contributed by atoms with Crippen LogP contribution in [0.15, 0.2) is 54.6 Å². The zero-order chi connectivity index (χ0) is 31.6. The molecule has 10 heteroatoms. The summed E-state index contributed by atoms with van der Waals surface area (Å²) in [6.45, 7) is 11.2. The standard InChI is InChI=1S/C35H46N6O4/c1-35(2,3)45-34(43)40-21-14-24(15-22-40)23-39-19-16-25(17-20-39)29-13-18-37-33-30(32(36)42)31(38-41(29)33)26-9-11-28(12-10-26)44-27-7-5-4-6-8-27/h4-12,24-25,29,37H,13-23H2,1-3H3,(H2,36,42)/t29-/m0/s1. The van der Waals surface area contributed by atoms with Crippen LogP contribution in [-0.4, -0.2) is 76.5 Å². The van der Waals surface area contributed by atoms with Crippen molar-refractivity contribution in [1.29, 1.82) is 0 Å². The van der Waals surface area contributed by atoms with E-state index in [4.69, 9.17) is 20.3 Å². The summed E-state index contributed by atoms with van der Waals surface area (Å²) in [5.41, 5.74) is 7.37. The quantitative estimate of drug-likeness (QED) is 0.328. The number of nitrogens with one attached hydrogen (secondary N) is 1. The van der Waals surface area contributed by atoms with Crippen LogP contribution in [0.2, 0.25) is 0 Å². The third-order valence-electron chi connectivity index (χ3n) is 9.27. The second-order valence-electron chi connectivity index (χ2n) is 13.7. The van der Waals surface area contributed by atoms with Crippen molar-refractivity contribution >= 4 is 17.8 Å². The minimum absolute atomic E-state index is 0.196. The molecule has 0 unspecified atom stereocenters. The molecule has 0 spiro atoms. The van der Waals surface area contributed by atoms with Gasteiger partial charge in [0.2, 0.25) is 0 Å². The minimum atomic E-state index is -0.475. The molecular formula is C35H46N6O4. The van der Waals surface area contributed by atoms with Crippen molar-refractivity contribution in [1.82, 2.24) is 19.6 Å². The van der Waals surface area contributed by atoms with E-state index < -0.39 is 11.5 Å². The van der Waals surface area contributed by atoms with E-state index in [0.717, 1.165) is 88.5 Å². The molecule has 3 N–H and O–H groups in total. The maximum atomic E-state index is 12.7. The van der Waals surface area contributed by atoms with Crippen molar-refractivity contribution in [3.63, 3.8) is 0 Å². The summed E-state index contributed by atoms with van der Waals surface area (Å²) in [6.07, 6.45) is 4.98. The molecule has 240 valence electrons. The lowest BCUT2D eigenvalue weighted by molar-refractivity contribution is 0.0161. The maximum Gasteiger partial charge on any atom is 0.410 e. The van der Waals surface area contributed by atoms with Gasteiger partial charge in [-0.3, -0.25) is 4.79 Å². The first-order chi connectivity index (χ1) is 21.6. The number of fused-ring (bicyclic) bond motifs is 1. The SMILES string of the molecule is CC(C)(C)OC(=O)N1CCC(CN2CCC([C@@H]3CCNc4c(C(N)=O)c(-c5ccc(Oc6ccccc6)cc5)nn43)CC2)CC1. The molecule has 2 amide bonds. The third-order valence-corrected chi connectivity index (χ3v) is 9.27. The third kappa shape index (κ3) is 7.27. The Bertz CT molecular complexity index is 1470. The fraction of sp³-hybridized carbons (Fsp3) is 0.514. The molecule has 2 saturated heterocycles. The maximum absolute atomic E-state index is 12.7. The highest BCUT2D eigenvalue weighted by molar-refractivity contribution is 6.03. The van der Waals surface area contributed by atoms with E-state index in [9.17, 15) is 9.59 Å². The molecule has 3 aliphatic rings. The highest BCUT2D eigenvalue weighted by atomic mass is 16.6. The van der Waals surface area contributed by atoms with Gasteiger partial charge in [-0.05, 0) is 114 Å². The van der Waals surface area contributed by atoms with Gasteiger partial charge in [0, 0.05) is 31.7 Å². The molecule has 1 atom stereocenters. The highest BCUT2D eigenvalue weighted by Crippen LogP contribution is 2.40. The smallest absolute Gasteiger partial charge is 0.410 e. The molecule has 0 aliphatic carbocycles. The molecule has 0 saturated carbocycles. The number of hydrogen-bond donors (Lipinski definition) is 2. The van der Waals surface area contributed by atoms with Crippen molar-refractivity contribution in [2.75, 3.05) is 44.6 Å². The average molecular weight is 615 g/mol. The van der Waals surface area contributed by atoms with E-state index in [-0.39, 0.29) is 12.1 Å². The van der Waals surface area contributed by atoms with Gasteiger partial charge in [-0.2, -0.15) is 5.10 Å². The van der Waals surface area contributed by atoms with Crippen LogP contribution >= 0.6 is 0 Å². The van der Waals surface area contributed by atoms with Crippen molar-refractivity contribution in [2.24, 2.45) is 17.6 Å². The van der Waals surface area contributed by atoms with Crippen LogP contribution in [0.5, 0.6) is 11.5 Å². The predicted octanol–water partition coefficient (Wildman–Crippen LogP) is 6.16. The lowest BCUT2D eigenvalue weighted by Gasteiger charge is -2.40. The van der Waals surface area contributed by atoms with E-state index >= 15 is 0 Å². The Morgan fingerprint density at radius 1 is 0.911 bits per heavy atom. The normalized spacial score (nSPS) is 19.9. The van der Waals surface area contributed by atoms with E-state index in [2.05, 4.69) is 10.2 Å². The first kappa shape index (κ1) is 31.0. The first-order valence-corrected chi connectivity index (χ1v) is 16.3. The molecule has 3 aromatic rings. The van der Waals surface area contributed by atoms with Crippen LogP contribution in [0, 0.1) is 11.8 Å². The summed E-state index contributed by atoms with van der Waals surface area (Å²) < 4.78 is 13.6. The van der Waals surface area contributed by atoms with Crippen LogP contribution in [0.25, 0.3) is 11.3 Å². The number of ether oxygens (including phenoxy) is 2. The fourth-order valence-electron chi connectivity index (χ4n) is 6.99. The number of amides is 2. The van der Waals surface area contributed by atoms with Gasteiger partial charge in [0.05, 0.1) is 6.04 Å². The molecule has 0 bridgehead atoms. The van der Waals surface area contributed by atoms with E-state index in [0.29, 0.717) is 28.8 Å². The largest absolute Gasteiger partial charge is 0.457 e. The number of carbonyl (C=O) groups excluding carboxylic acids is 2. The number of rotatable bonds is 7. The molecular weight excluding hydrogens is 568 g/mol. The summed E-state index contributed by atoms with van der Waals surface area (Å²) in [6, 6.07) is 17.5. The zero-order valence-corrected chi connectivity index (χ0v) is 26.7. The Hall–Kier alpha value is -4.05. The van der Waals surface area contributed by atoms with Crippen LogP contribution in [0.4, 0.5) is 10.6 Å². The van der Waals surface area contributed by atoms with Gasteiger partial charge in [0.1, 0.15) is 34.2 Å². The highest BCUT2D eigenvalue weighted by Gasteiger charge is 2.36. The van der Waals surface area contributed by atoms with Gasteiger partial charge in [0.15, 0.2) is 0 Å². The van der Waals surface area contributed by atoms with E-state index in [1.807, 2.05) is 85.0 Å². The van der Waals surface area contributed by atoms with Crippen LogP contribution in [-0.2, 0) is 4.74 Å². The number of hydrogen-bond acceptors (Lipinski definition) is 7. The zero-order valence-electron chi connectivity index (χ0n) is 26.7. The number of anilines is 1. The molecule has 45 heavy (non-hydrogen) atoms. The number of piperidine rings is 2. The number of aromatic nitrogens is 2. The number of nitrogens with zero attached hydrogens (tertiary/aromatic N) is 4. The van der Waals surface area contributed by atoms with Gasteiger partial charge in [-0.25, -0.2) is 9.48 Å². The number of benzene rings is 2. The molecule has 2 fully saturated rings. The predicted molar refractivity (Wildman–Crippen MR) is 175 cm³/mol. The van der Waals surface area contributed by atoms with Crippen molar-refractivity contribution < 1.29 is 19.1 Å². The lowest BCUT2D eigenvalue weighted by atomic mass is 9.86. The van der Waals surface area contributed by atoms with Crippen LogP contribution < -0.4 is 15.8 Å². The summed E-state index contributed by atoms with van der Waals surface area (Å²) in [5.74, 6) is 2.82. The Balaban J connectivity index is 1.08. The van der Waals surface area contributed by atoms with Crippen molar-refractivity contribution in [3.05, 3.63) is 60.2 Å². The summed E-state index contributed by atoms with van der Waals surface area (Å²) >= 11 is 0. The van der Waals surface area contributed by atoms with E-state index in [1.165, 1.54) is 0 Å². The number of para-hydroxylation sites is 1. The first-order valence-electron chi connectivity index (χ1n) is 16.3. The van der Waals surface area contributed by atoms with Gasteiger partial charge in [-0.15, -0.1) is 0 Å². The summed E-state index contributed by atoms with van der Waals surface area (Å²) in [5, 5.41) is 8.46. The minimum Gasteiger partial charge on any atom is -0.457 e. The molecule has 4 heterocycles. The molecule has 2 aromatic carbocycles. The number of likely N-dealkylation sites (tertiary alicyclic amines) is 2. The Kier molecular flexibility index (Phi) is 9.03. The summed E-state index contributed by atoms with van der Waals surface area (Å²) in [7, 11) is 0. The van der Waals surface area contributed by atoms with Gasteiger partial charge in [0.25, 0.3) is 5.91 Å². The topological polar surface area (TPSA) is 115 Å². The average Bonchev–Trinajstić information content (AvgIpc) is 3.42. The summed E-state index contributed by atoms with van der Waals surface area (Å²) in [4.78, 5) is 29.6. The fourth-order valence-corrected chi connectivity index (χ4v) is 6.99. The monoisotopic (exact) mass is 614 g/mol. The molecule has 6 rings (SSSR count). The van der Waals surface area contributed by atoms with Crippen molar-refractivity contribution in [2.45, 2.75) is 64.5 Å². The van der Waals surface area contributed by atoms with Crippen molar-refractivity contribution in [3.8, 4) is 22.8 Å². The lowest BCUT2D eigenvalue weighted by Crippen LogP contribution is -2.45. The van der Waals surface area contributed by atoms with Gasteiger partial charge in [-0.1, -0.05) is 18.2 Å². The molecule has 10 nitrogen and oxygen atoms in total. The second-order valence-corrected chi connectivity index (χ2v) is 13.7. The Morgan fingerprint density at radius 3 is 2.22 bits per heavy atom. The Labute approximate surface area is 265 Å². The van der Waals surface area contributed by atoms with Gasteiger partial charge >= 0.3 is 6.09 Å². The number of nitrogens with two attached hydrogens (primary N) is 1. The molecule has 0 radical (unpaired) electrons. The van der Waals surface area contributed by atoms with Crippen LogP contribution in [0.1, 0.15) is 69.3 Å². The number of carbonyl (C=O) groups is 2. The van der Waals surface area contributed by atoms with Gasteiger partial charge < -0.3 is 30.3 Å². The second kappa shape index (κ2) is 13.1. The molecule has 3 aliphatic heterocycles. The van der Waals surface area contributed by atoms with Crippen LogP contribution in [0.3, 0.4) is 0 Å². The number of primary amides is 1. The Morgan fingerprint density at radius 2 is 1.58 bits per heavy atom. The van der Waals surface area contributed by atoms with E-state index in [1.54, 1.807) is 0 Å². The molecule has 1 aromatic heterocycles.